The summed E-state index contributed by atoms with van der Waals surface area (Å²) in [6.07, 6.45) is 0. The summed E-state index contributed by atoms with van der Waals surface area (Å²) in [5, 5.41) is 35.2. The zero-order valence-corrected chi connectivity index (χ0v) is 38.5. The van der Waals surface area contributed by atoms with Gasteiger partial charge in [0.1, 0.15) is 24.0 Å². The van der Waals surface area contributed by atoms with E-state index in [4.69, 9.17) is 22.9 Å². The van der Waals surface area contributed by atoms with E-state index in [-0.39, 0.29) is 37.7 Å². The van der Waals surface area contributed by atoms with E-state index in [2.05, 4.69) is 10.1 Å². The highest BCUT2D eigenvalue weighted by Gasteiger charge is 2.75. The van der Waals surface area contributed by atoms with Crippen LogP contribution in [-0.2, 0) is 38.3 Å². The minimum Gasteiger partial charge on any atom is -0.548 e. The van der Waals surface area contributed by atoms with Gasteiger partial charge in [-0.3, -0.25) is 9.59 Å². The molecule has 7 rings (SSSR count). The number of carboxylic acid groups (broad SMARTS) is 3. The van der Waals surface area contributed by atoms with E-state index in [9.17, 15) is 48.9 Å². The van der Waals surface area contributed by atoms with E-state index >= 15 is 0 Å². The van der Waals surface area contributed by atoms with Crippen LogP contribution < -0.4 is 49.7 Å². The van der Waals surface area contributed by atoms with Crippen LogP contribution in [0.15, 0.2) is 91.0 Å². The van der Waals surface area contributed by atoms with Crippen molar-refractivity contribution in [3.8, 4) is 0 Å². The Morgan fingerprint density at radius 1 is 0.641 bits per heavy atom. The van der Waals surface area contributed by atoms with Crippen molar-refractivity contribution in [2.24, 2.45) is 22.9 Å². The SMILES string of the molecule is CC1(C)SC2C(N)C(=O)[N+]2(C)C1C(=O)[O-].CC1(C)SC2C(NC(=O)C(N)c3ccccc3)C(=O)[N+]2(C)C1C(=O)[O-].COC(=O)C(N)c1ccccc1.NC(C(=O)[O-])c1ccccc1.[NH4+]. The van der Waals surface area contributed by atoms with Crippen molar-refractivity contribution in [3.63, 3.8) is 0 Å². The summed E-state index contributed by atoms with van der Waals surface area (Å²) in [6, 6.07) is 20.9. The van der Waals surface area contributed by atoms with Crippen molar-refractivity contribution in [1.29, 1.82) is 0 Å². The Morgan fingerprint density at radius 3 is 1.38 bits per heavy atom. The molecule has 4 fully saturated rings. The van der Waals surface area contributed by atoms with Crippen LogP contribution in [0.1, 0.15) is 62.5 Å². The molecule has 0 saturated carbocycles. The van der Waals surface area contributed by atoms with E-state index in [1.807, 2.05) is 38.1 Å². The number of esters is 1. The van der Waals surface area contributed by atoms with Gasteiger partial charge in [0.25, 0.3) is 0 Å². The minimum atomic E-state index is -1.25. The summed E-state index contributed by atoms with van der Waals surface area (Å²) in [7, 11) is 4.55. The van der Waals surface area contributed by atoms with Crippen LogP contribution in [0.2, 0.25) is 0 Å². The van der Waals surface area contributed by atoms with E-state index in [0.29, 0.717) is 11.1 Å². The Morgan fingerprint density at radius 2 is 1.00 bits per heavy atom. The third-order valence-electron chi connectivity index (χ3n) is 11.6. The number of carbonyl (C=O) groups excluding carboxylic acids is 7. The van der Waals surface area contributed by atoms with Crippen LogP contribution in [-0.4, -0.2) is 116 Å². The third kappa shape index (κ3) is 10.3. The van der Waals surface area contributed by atoms with Crippen LogP contribution in [0.3, 0.4) is 0 Å². The van der Waals surface area contributed by atoms with Crippen molar-refractivity contribution in [3.05, 3.63) is 108 Å². The molecular formula is C43H58N8O11S2. The molecular weight excluding hydrogens is 869 g/mol. The molecule has 4 heterocycles. The molecule has 11 atom stereocenters. The number of aliphatic carboxylic acids is 3. The smallest absolute Gasteiger partial charge is 0.344 e. The van der Waals surface area contributed by atoms with Gasteiger partial charge in [-0.25, -0.2) is 18.6 Å². The molecule has 11 unspecified atom stereocenters. The Hall–Kier alpha value is -5.23. The maximum absolute atomic E-state index is 12.7. The molecule has 0 radical (unpaired) electrons. The number of amides is 3. The summed E-state index contributed by atoms with van der Waals surface area (Å²) in [4.78, 5) is 80.8. The minimum absolute atomic E-state index is 0. The first-order valence-corrected chi connectivity index (χ1v) is 21.4. The Labute approximate surface area is 380 Å². The fourth-order valence-electron chi connectivity index (χ4n) is 8.46. The van der Waals surface area contributed by atoms with Gasteiger partial charge in [0.15, 0.2) is 28.9 Å². The number of methoxy groups -OCH3 is 1. The van der Waals surface area contributed by atoms with Crippen LogP contribution in [0.4, 0.5) is 0 Å². The molecule has 3 amide bonds. The van der Waals surface area contributed by atoms with Gasteiger partial charge in [-0.1, -0.05) is 115 Å². The quantitative estimate of drug-likeness (QED) is 0.0773. The summed E-state index contributed by atoms with van der Waals surface area (Å²) in [5.74, 6) is -5.07. The first kappa shape index (κ1) is 53.1. The van der Waals surface area contributed by atoms with Crippen molar-refractivity contribution in [1.82, 2.24) is 11.5 Å². The highest BCUT2D eigenvalue weighted by molar-refractivity contribution is 8.01. The Kier molecular flexibility index (Phi) is 17.2. The molecule has 4 aliphatic heterocycles. The largest absolute Gasteiger partial charge is 0.548 e. The van der Waals surface area contributed by atoms with Gasteiger partial charge >= 0.3 is 17.8 Å². The molecule has 0 bridgehead atoms. The van der Waals surface area contributed by atoms with Crippen molar-refractivity contribution < 1.29 is 62.6 Å². The summed E-state index contributed by atoms with van der Waals surface area (Å²) in [6.45, 7) is 7.20. The number of hydrogen-bond donors (Lipinski definition) is 6. The molecule has 348 valence electrons. The van der Waals surface area contributed by atoms with Crippen molar-refractivity contribution >= 4 is 65.1 Å². The number of thioether (sulfide) groups is 2. The van der Waals surface area contributed by atoms with Gasteiger partial charge < -0.3 is 68.8 Å². The van der Waals surface area contributed by atoms with Crippen LogP contribution in [0.25, 0.3) is 0 Å². The number of nitrogens with one attached hydrogen (secondary N) is 1. The molecule has 0 aliphatic carbocycles. The molecule has 4 saturated heterocycles. The maximum Gasteiger partial charge on any atom is 0.344 e. The van der Waals surface area contributed by atoms with Crippen molar-refractivity contribution in [2.75, 3.05) is 21.2 Å². The van der Waals surface area contributed by atoms with Crippen LogP contribution in [0, 0.1) is 0 Å². The molecule has 3 aromatic carbocycles. The second-order valence-corrected chi connectivity index (χ2v) is 20.2. The van der Waals surface area contributed by atoms with E-state index in [1.165, 1.54) is 30.6 Å². The second kappa shape index (κ2) is 20.7. The van der Waals surface area contributed by atoms with E-state index in [0.717, 1.165) is 5.56 Å². The first-order valence-electron chi connectivity index (χ1n) is 19.6. The lowest BCUT2D eigenvalue weighted by Gasteiger charge is -2.50. The molecule has 19 nitrogen and oxygen atoms in total. The van der Waals surface area contributed by atoms with Crippen molar-refractivity contribution in [2.45, 2.75) is 90.2 Å². The number of carbonyl (C=O) groups is 7. The van der Waals surface area contributed by atoms with Gasteiger partial charge in [0.2, 0.25) is 11.9 Å². The molecule has 13 N–H and O–H groups in total. The topological polar surface area (TPSA) is 351 Å². The van der Waals surface area contributed by atoms with E-state index in [1.54, 1.807) is 94.7 Å². The lowest BCUT2D eigenvalue weighted by atomic mass is 9.92. The van der Waals surface area contributed by atoms with Crippen LogP contribution in [0.5, 0.6) is 0 Å². The molecule has 4 aliphatic rings. The number of benzene rings is 3. The highest BCUT2D eigenvalue weighted by atomic mass is 32.2. The second-order valence-electron chi connectivity index (χ2n) is 16.7. The van der Waals surface area contributed by atoms with Crippen LogP contribution >= 0.6 is 23.5 Å². The van der Waals surface area contributed by atoms with Gasteiger partial charge in [-0.15, -0.1) is 0 Å². The van der Waals surface area contributed by atoms with Gasteiger partial charge in [-0.2, -0.15) is 0 Å². The zero-order chi connectivity index (χ0) is 47.4. The number of rotatable bonds is 9. The number of hydrogen-bond acceptors (Lipinski definition) is 17. The number of ether oxygens (including phenoxy) is 1. The Balaban J connectivity index is 0.000000240. The molecule has 3 aromatic rings. The number of quaternary nitrogens is 3. The lowest BCUT2D eigenvalue weighted by molar-refractivity contribution is -0.887. The predicted molar refractivity (Wildman–Crippen MR) is 234 cm³/mol. The fraction of sp³-hybridized carbons (Fsp3) is 0.419. The number of fused-ring (bicyclic) bond motifs is 2. The standard InChI is InChI=1S/C17H21N3O4S.C9H14N2O3S.C9H11NO2.C8H9NO2.H3N/c1-17(2)12(16(23)24)20(3)14(22)11(15(20)25-17)19-13(21)10(18)9-7-5-4-6-8-9;1-9(2)5(8(13)14)11(3)6(12)4(10)7(11)15-9;1-12-9(11)8(10)7-5-3-2-4-6-7;9-7(8(10)11)6-4-2-1-3-5-6;/h4-8,10-12,15H,18H2,1-3H3,(H-,19,21,23,24);4-5,7H,10H2,1-3H3;2-6,8H,10H2,1H3;1-5,7H,9H2,(H,10,11);1H3. The summed E-state index contributed by atoms with van der Waals surface area (Å²) >= 11 is 2.86. The summed E-state index contributed by atoms with van der Waals surface area (Å²) < 4.78 is 2.95. The maximum atomic E-state index is 12.7. The molecule has 0 aromatic heterocycles. The number of nitrogens with zero attached hydrogens (tertiary/aromatic N) is 2. The average Bonchev–Trinajstić information content (AvgIpc) is 3.59. The number of likely N-dealkylation sites (N-methyl/N-ethyl adjacent to an activating group) is 2. The number of nitrogens with two attached hydrogens (primary N) is 4. The third-order valence-corrected chi connectivity index (χ3v) is 15.2. The van der Waals surface area contributed by atoms with Gasteiger partial charge in [0.05, 0.1) is 42.7 Å². The average molecular weight is 927 g/mol. The number of β-lactam (4-membered cyclic amide) rings is 2. The Bertz CT molecular complexity index is 2190. The highest BCUT2D eigenvalue weighted by Crippen LogP contribution is 2.56. The predicted octanol–water partition coefficient (Wildman–Crippen LogP) is -1.93. The zero-order valence-electron chi connectivity index (χ0n) is 36.9. The molecule has 64 heavy (non-hydrogen) atoms. The van der Waals surface area contributed by atoms with Gasteiger partial charge in [0, 0.05) is 0 Å². The lowest BCUT2D eigenvalue weighted by Crippen LogP contribution is -2.81. The van der Waals surface area contributed by atoms with E-state index < -0.39 is 81.6 Å². The molecule has 21 heteroatoms. The number of carboxylic acids is 3. The first-order chi connectivity index (χ1) is 29.3. The normalized spacial score (nSPS) is 28.7. The fourth-order valence-corrected chi connectivity index (χ4v) is 12.1. The summed E-state index contributed by atoms with van der Waals surface area (Å²) in [5.41, 5.74) is 24.5. The molecule has 0 spiro atoms. The van der Waals surface area contributed by atoms with Gasteiger partial charge in [-0.05, 0) is 44.4 Å². The monoisotopic (exact) mass is 926 g/mol.